The lowest BCUT2D eigenvalue weighted by Crippen LogP contribution is -2.42. The molecule has 0 radical (unpaired) electrons. The molecule has 1 amide bonds. The first kappa shape index (κ1) is 19.1. The number of nitrogens with one attached hydrogen (secondary N) is 1. The van der Waals surface area contributed by atoms with Crippen LogP contribution in [0.3, 0.4) is 0 Å². The van der Waals surface area contributed by atoms with Gasteiger partial charge in [-0.3, -0.25) is 9.59 Å². The Balaban J connectivity index is 2.52. The number of halogens is 1. The molecule has 0 aliphatic heterocycles. The van der Waals surface area contributed by atoms with Crippen molar-refractivity contribution in [2.24, 2.45) is 5.92 Å². The van der Waals surface area contributed by atoms with Gasteiger partial charge in [0.2, 0.25) is 0 Å². The molecule has 1 aromatic carbocycles. The van der Waals surface area contributed by atoms with Gasteiger partial charge in [0.05, 0.1) is 5.92 Å². The van der Waals surface area contributed by atoms with Crippen molar-refractivity contribution in [2.45, 2.75) is 59.1 Å². The van der Waals surface area contributed by atoms with Crippen molar-refractivity contribution in [3.05, 3.63) is 35.6 Å². The van der Waals surface area contributed by atoms with Crippen LogP contribution in [0, 0.1) is 11.7 Å². The summed E-state index contributed by atoms with van der Waals surface area (Å²) in [4.78, 5) is 24.1. The van der Waals surface area contributed by atoms with E-state index in [1.165, 1.54) is 12.1 Å². The maximum Gasteiger partial charge on any atom is 0.309 e. The smallest absolute Gasteiger partial charge is 0.309 e. The second kappa shape index (κ2) is 9.28. The Kier molecular flexibility index (Phi) is 7.72. The normalized spacial score (nSPS) is 13.5. The molecule has 5 heteroatoms. The Labute approximate surface area is 137 Å². The maximum absolute atomic E-state index is 13.2. The Morgan fingerprint density at radius 3 is 2.43 bits per heavy atom. The molecule has 1 N–H and O–H groups in total. The van der Waals surface area contributed by atoms with Crippen LogP contribution in [0.5, 0.6) is 0 Å². The van der Waals surface area contributed by atoms with Crippen LogP contribution >= 0.6 is 0 Å². The molecule has 0 aliphatic rings. The van der Waals surface area contributed by atoms with E-state index in [1.54, 1.807) is 26.0 Å². The molecule has 4 nitrogen and oxygen atoms in total. The van der Waals surface area contributed by atoms with E-state index >= 15 is 0 Å². The Hall–Kier alpha value is -1.91. The Morgan fingerprint density at radius 2 is 1.87 bits per heavy atom. The monoisotopic (exact) mass is 323 g/mol. The number of carbonyl (C=O) groups excluding carboxylic acids is 2. The van der Waals surface area contributed by atoms with Crippen molar-refractivity contribution < 1.29 is 18.7 Å². The zero-order valence-corrected chi connectivity index (χ0v) is 14.3. The number of rotatable bonds is 8. The van der Waals surface area contributed by atoms with Gasteiger partial charge in [-0.05, 0) is 43.9 Å². The van der Waals surface area contributed by atoms with E-state index in [0.29, 0.717) is 6.42 Å². The van der Waals surface area contributed by atoms with Crippen molar-refractivity contribution in [3.63, 3.8) is 0 Å². The van der Waals surface area contributed by atoms with E-state index in [-0.39, 0.29) is 17.8 Å². The lowest BCUT2D eigenvalue weighted by atomic mass is 10.0. The fraction of sp³-hybridized carbons (Fsp3) is 0.556. The predicted octanol–water partition coefficient (Wildman–Crippen LogP) is 3.24. The third-order valence-electron chi connectivity index (χ3n) is 3.83. The number of hydrogen-bond donors (Lipinski definition) is 1. The first-order chi connectivity index (χ1) is 10.9. The van der Waals surface area contributed by atoms with Gasteiger partial charge in [-0.25, -0.2) is 4.39 Å². The van der Waals surface area contributed by atoms with Gasteiger partial charge in [0, 0.05) is 6.04 Å². The number of esters is 1. The van der Waals surface area contributed by atoms with Gasteiger partial charge in [0.1, 0.15) is 5.82 Å². The molecule has 0 fully saturated rings. The van der Waals surface area contributed by atoms with Crippen LogP contribution in [0.25, 0.3) is 0 Å². The second-order valence-corrected chi connectivity index (χ2v) is 5.84. The third-order valence-corrected chi connectivity index (χ3v) is 3.83. The summed E-state index contributed by atoms with van der Waals surface area (Å²) in [5, 5.41) is 2.85. The van der Waals surface area contributed by atoms with Crippen molar-refractivity contribution in [3.8, 4) is 0 Å². The zero-order chi connectivity index (χ0) is 17.4. The van der Waals surface area contributed by atoms with E-state index in [9.17, 15) is 14.0 Å². The second-order valence-electron chi connectivity index (χ2n) is 5.84. The molecule has 0 saturated heterocycles. The summed E-state index contributed by atoms with van der Waals surface area (Å²) in [6, 6.07) is 6.21. The van der Waals surface area contributed by atoms with E-state index in [4.69, 9.17) is 4.74 Å². The molecule has 0 heterocycles. The summed E-state index contributed by atoms with van der Waals surface area (Å²) in [5.74, 6) is -1.52. The molecule has 0 spiro atoms. The van der Waals surface area contributed by atoms with Crippen LogP contribution in [-0.2, 0) is 20.7 Å². The van der Waals surface area contributed by atoms with Crippen LogP contribution in [0.15, 0.2) is 24.3 Å². The number of benzene rings is 1. The minimum absolute atomic E-state index is 0.0911. The summed E-state index contributed by atoms with van der Waals surface area (Å²) >= 11 is 0. The van der Waals surface area contributed by atoms with Gasteiger partial charge in [-0.1, -0.05) is 32.9 Å². The van der Waals surface area contributed by atoms with E-state index < -0.39 is 18.0 Å². The minimum Gasteiger partial charge on any atom is -0.452 e. The Bertz CT molecular complexity index is 529. The molecule has 128 valence electrons. The molecule has 0 bridgehead atoms. The molecule has 1 aromatic rings. The molecule has 23 heavy (non-hydrogen) atoms. The average molecular weight is 323 g/mol. The molecule has 2 unspecified atom stereocenters. The number of hydrogen-bond acceptors (Lipinski definition) is 3. The topological polar surface area (TPSA) is 55.4 Å². The van der Waals surface area contributed by atoms with Gasteiger partial charge >= 0.3 is 5.97 Å². The third kappa shape index (κ3) is 6.38. The average Bonchev–Trinajstić information content (AvgIpc) is 2.52. The molecule has 1 rings (SSSR count). The van der Waals surface area contributed by atoms with Crippen molar-refractivity contribution in [1.29, 1.82) is 0 Å². The fourth-order valence-electron chi connectivity index (χ4n) is 2.26. The van der Waals surface area contributed by atoms with Gasteiger partial charge in [0.25, 0.3) is 5.91 Å². The van der Waals surface area contributed by atoms with Gasteiger partial charge in [-0.15, -0.1) is 0 Å². The quantitative estimate of drug-likeness (QED) is 0.747. The molecular formula is C18H26FNO3. The SMILES string of the molecule is CCC(CC)NC(=O)C(C)OC(=O)C(C)Cc1cccc(F)c1. The lowest BCUT2D eigenvalue weighted by molar-refractivity contribution is -0.158. The maximum atomic E-state index is 13.2. The minimum atomic E-state index is -0.835. The summed E-state index contributed by atoms with van der Waals surface area (Å²) in [6.07, 6.45) is 1.20. The fourth-order valence-corrected chi connectivity index (χ4v) is 2.26. The molecule has 0 aromatic heterocycles. The highest BCUT2D eigenvalue weighted by Gasteiger charge is 2.23. The number of amides is 1. The summed E-state index contributed by atoms with van der Waals surface area (Å²) in [5.41, 5.74) is 0.726. The standard InChI is InChI=1S/C18H26FNO3/c1-5-16(6-2)20-17(21)13(4)23-18(22)12(3)10-14-8-7-9-15(19)11-14/h7-9,11-13,16H,5-6,10H2,1-4H3,(H,20,21). The Morgan fingerprint density at radius 1 is 1.22 bits per heavy atom. The van der Waals surface area contributed by atoms with E-state index in [1.807, 2.05) is 13.8 Å². The lowest BCUT2D eigenvalue weighted by Gasteiger charge is -2.20. The highest BCUT2D eigenvalue weighted by atomic mass is 19.1. The van der Waals surface area contributed by atoms with Crippen molar-refractivity contribution >= 4 is 11.9 Å². The molecular weight excluding hydrogens is 297 g/mol. The van der Waals surface area contributed by atoms with Crippen LogP contribution in [0.4, 0.5) is 4.39 Å². The number of carbonyl (C=O) groups is 2. The largest absolute Gasteiger partial charge is 0.452 e. The zero-order valence-electron chi connectivity index (χ0n) is 14.3. The van der Waals surface area contributed by atoms with E-state index in [2.05, 4.69) is 5.32 Å². The highest BCUT2D eigenvalue weighted by molar-refractivity contribution is 5.84. The molecule has 0 aliphatic carbocycles. The van der Waals surface area contributed by atoms with E-state index in [0.717, 1.165) is 18.4 Å². The van der Waals surface area contributed by atoms with Crippen LogP contribution in [0.1, 0.15) is 46.1 Å². The van der Waals surface area contributed by atoms with Gasteiger partial charge < -0.3 is 10.1 Å². The van der Waals surface area contributed by atoms with Crippen molar-refractivity contribution in [1.82, 2.24) is 5.32 Å². The van der Waals surface area contributed by atoms with Gasteiger partial charge in [-0.2, -0.15) is 0 Å². The summed E-state index contributed by atoms with van der Waals surface area (Å²) < 4.78 is 18.4. The molecule has 0 saturated carbocycles. The first-order valence-electron chi connectivity index (χ1n) is 8.12. The number of ether oxygens (including phenoxy) is 1. The summed E-state index contributed by atoms with van der Waals surface area (Å²) in [7, 11) is 0. The van der Waals surface area contributed by atoms with Crippen LogP contribution in [0.2, 0.25) is 0 Å². The van der Waals surface area contributed by atoms with Crippen molar-refractivity contribution in [2.75, 3.05) is 0 Å². The van der Waals surface area contributed by atoms with Crippen LogP contribution < -0.4 is 5.32 Å². The highest BCUT2D eigenvalue weighted by Crippen LogP contribution is 2.12. The molecule has 2 atom stereocenters. The first-order valence-corrected chi connectivity index (χ1v) is 8.12. The summed E-state index contributed by atoms with van der Waals surface area (Å²) in [6.45, 7) is 7.25. The van der Waals surface area contributed by atoms with Gasteiger partial charge in [0.15, 0.2) is 6.10 Å². The van der Waals surface area contributed by atoms with Crippen LogP contribution in [-0.4, -0.2) is 24.0 Å². The predicted molar refractivity (Wildman–Crippen MR) is 87.3 cm³/mol.